The fourth-order valence-electron chi connectivity index (χ4n) is 2.81. The van der Waals surface area contributed by atoms with E-state index in [1.165, 1.54) is 30.6 Å². The van der Waals surface area contributed by atoms with Gasteiger partial charge in [-0.05, 0) is 30.5 Å². The minimum atomic E-state index is 0.119. The predicted molar refractivity (Wildman–Crippen MR) is 82.8 cm³/mol. The number of nitrogen functional groups attached to an aromatic ring is 1. The second kappa shape index (κ2) is 5.79. The number of nitrogens with one attached hydrogen (secondary N) is 1. The molecule has 1 amide bonds. The molecule has 1 saturated carbocycles. The van der Waals surface area contributed by atoms with Crippen molar-refractivity contribution < 1.29 is 4.79 Å². The van der Waals surface area contributed by atoms with E-state index in [0.717, 1.165) is 28.6 Å². The molecule has 1 aromatic heterocycles. The summed E-state index contributed by atoms with van der Waals surface area (Å²) in [4.78, 5) is 16.3. The van der Waals surface area contributed by atoms with Gasteiger partial charge in [0.05, 0.1) is 16.6 Å². The first-order chi connectivity index (χ1) is 9.70. The summed E-state index contributed by atoms with van der Waals surface area (Å²) in [6.07, 6.45) is 6.44. The molecule has 20 heavy (non-hydrogen) atoms. The third kappa shape index (κ3) is 3.10. The number of nitrogens with zero attached hydrogens (tertiary/aromatic N) is 1. The number of amides is 1. The smallest absolute Gasteiger partial charge is 0.224 e. The molecule has 5 heteroatoms. The lowest BCUT2D eigenvalue weighted by Crippen LogP contribution is -2.37. The number of aromatic nitrogens is 1. The van der Waals surface area contributed by atoms with E-state index in [0.29, 0.717) is 17.6 Å². The maximum atomic E-state index is 12.1. The first-order valence-electron chi connectivity index (χ1n) is 7.15. The molecule has 106 valence electrons. The van der Waals surface area contributed by atoms with Crippen LogP contribution in [0.25, 0.3) is 10.2 Å². The molecule has 0 aliphatic heterocycles. The van der Waals surface area contributed by atoms with Gasteiger partial charge in [0.15, 0.2) is 5.13 Å². The maximum absolute atomic E-state index is 12.1. The average Bonchev–Trinajstić information content (AvgIpc) is 2.79. The van der Waals surface area contributed by atoms with E-state index >= 15 is 0 Å². The number of fused-ring (bicyclic) bond motifs is 1. The Morgan fingerprint density at radius 2 is 2.15 bits per heavy atom. The maximum Gasteiger partial charge on any atom is 0.224 e. The zero-order valence-corrected chi connectivity index (χ0v) is 12.2. The van der Waals surface area contributed by atoms with Crippen LogP contribution in [-0.2, 0) is 11.2 Å². The largest absolute Gasteiger partial charge is 0.375 e. The molecule has 0 spiro atoms. The SMILES string of the molecule is Nc1nc2ccc(CC(=O)NC3CCCCC3)cc2s1. The molecule has 2 aromatic rings. The van der Waals surface area contributed by atoms with Crippen LogP contribution >= 0.6 is 11.3 Å². The Hall–Kier alpha value is -1.62. The normalized spacial score (nSPS) is 16.4. The molecule has 0 bridgehead atoms. The number of nitrogens with two attached hydrogens (primary N) is 1. The number of carbonyl (C=O) groups is 1. The van der Waals surface area contributed by atoms with Crippen LogP contribution in [-0.4, -0.2) is 16.9 Å². The third-order valence-electron chi connectivity index (χ3n) is 3.80. The summed E-state index contributed by atoms with van der Waals surface area (Å²) in [5.41, 5.74) is 7.62. The molecule has 1 heterocycles. The van der Waals surface area contributed by atoms with Gasteiger partial charge in [-0.3, -0.25) is 4.79 Å². The van der Waals surface area contributed by atoms with Crippen LogP contribution < -0.4 is 11.1 Å². The van der Waals surface area contributed by atoms with Crippen LogP contribution in [0.5, 0.6) is 0 Å². The average molecular weight is 289 g/mol. The quantitative estimate of drug-likeness (QED) is 0.913. The molecular formula is C15H19N3OS. The van der Waals surface area contributed by atoms with Gasteiger partial charge >= 0.3 is 0 Å². The standard InChI is InChI=1S/C15H19N3OS/c16-15-18-12-7-6-10(8-13(12)20-15)9-14(19)17-11-4-2-1-3-5-11/h6-8,11H,1-5,9H2,(H2,16,18)(H,17,19). The van der Waals surface area contributed by atoms with Gasteiger partial charge in [0, 0.05) is 6.04 Å². The van der Waals surface area contributed by atoms with Crippen LogP contribution in [0.2, 0.25) is 0 Å². The van der Waals surface area contributed by atoms with Crippen molar-refractivity contribution in [2.75, 3.05) is 5.73 Å². The monoisotopic (exact) mass is 289 g/mol. The van der Waals surface area contributed by atoms with Crippen LogP contribution in [0.1, 0.15) is 37.7 Å². The number of hydrogen-bond acceptors (Lipinski definition) is 4. The van der Waals surface area contributed by atoms with Crippen molar-refractivity contribution in [3.05, 3.63) is 23.8 Å². The summed E-state index contributed by atoms with van der Waals surface area (Å²) in [5.74, 6) is 0.119. The summed E-state index contributed by atoms with van der Waals surface area (Å²) >= 11 is 1.46. The van der Waals surface area contributed by atoms with E-state index in [1.807, 2.05) is 18.2 Å². The number of carbonyl (C=O) groups excluding carboxylic acids is 1. The Bertz CT molecular complexity index is 617. The van der Waals surface area contributed by atoms with Gasteiger partial charge in [-0.2, -0.15) is 0 Å². The summed E-state index contributed by atoms with van der Waals surface area (Å²) < 4.78 is 1.05. The van der Waals surface area contributed by atoms with Gasteiger partial charge in [-0.1, -0.05) is 36.7 Å². The minimum Gasteiger partial charge on any atom is -0.375 e. The lowest BCUT2D eigenvalue weighted by molar-refractivity contribution is -0.121. The number of anilines is 1. The van der Waals surface area contributed by atoms with Gasteiger partial charge in [0.25, 0.3) is 0 Å². The molecule has 1 aromatic carbocycles. The third-order valence-corrected chi connectivity index (χ3v) is 4.65. The molecule has 0 radical (unpaired) electrons. The van der Waals surface area contributed by atoms with Crippen LogP contribution in [0.3, 0.4) is 0 Å². The molecule has 0 saturated heterocycles. The van der Waals surface area contributed by atoms with Crippen LogP contribution in [0.15, 0.2) is 18.2 Å². The van der Waals surface area contributed by atoms with E-state index in [-0.39, 0.29) is 5.91 Å². The highest BCUT2D eigenvalue weighted by Gasteiger charge is 2.16. The van der Waals surface area contributed by atoms with Crippen molar-refractivity contribution in [2.24, 2.45) is 0 Å². The highest BCUT2D eigenvalue weighted by Crippen LogP contribution is 2.25. The van der Waals surface area contributed by atoms with Gasteiger partial charge < -0.3 is 11.1 Å². The molecule has 3 rings (SSSR count). The summed E-state index contributed by atoms with van der Waals surface area (Å²) in [6.45, 7) is 0. The van der Waals surface area contributed by atoms with Crippen molar-refractivity contribution in [3.63, 3.8) is 0 Å². The zero-order chi connectivity index (χ0) is 13.9. The number of benzene rings is 1. The predicted octanol–water partition coefficient (Wildman–Crippen LogP) is 2.87. The molecule has 0 unspecified atom stereocenters. The first-order valence-corrected chi connectivity index (χ1v) is 7.97. The first kappa shape index (κ1) is 13.4. The molecule has 4 nitrogen and oxygen atoms in total. The lowest BCUT2D eigenvalue weighted by Gasteiger charge is -2.22. The summed E-state index contributed by atoms with van der Waals surface area (Å²) in [7, 11) is 0. The fourth-order valence-corrected chi connectivity index (χ4v) is 3.61. The van der Waals surface area contributed by atoms with Gasteiger partial charge in [-0.25, -0.2) is 4.98 Å². The fraction of sp³-hybridized carbons (Fsp3) is 0.467. The second-order valence-electron chi connectivity index (χ2n) is 5.43. The Balaban J connectivity index is 1.64. The van der Waals surface area contributed by atoms with Crippen molar-refractivity contribution >= 4 is 32.6 Å². The molecule has 3 N–H and O–H groups in total. The Morgan fingerprint density at radius 1 is 1.35 bits per heavy atom. The summed E-state index contributed by atoms with van der Waals surface area (Å²) in [6, 6.07) is 6.29. The number of hydrogen-bond donors (Lipinski definition) is 2. The van der Waals surface area contributed by atoms with Gasteiger partial charge in [0.2, 0.25) is 5.91 Å². The number of rotatable bonds is 3. The van der Waals surface area contributed by atoms with Crippen molar-refractivity contribution in [3.8, 4) is 0 Å². The Kier molecular flexibility index (Phi) is 3.87. The molecule has 1 aliphatic rings. The lowest BCUT2D eigenvalue weighted by atomic mass is 9.95. The van der Waals surface area contributed by atoms with Crippen molar-refractivity contribution in [2.45, 2.75) is 44.6 Å². The van der Waals surface area contributed by atoms with Gasteiger partial charge in [0.1, 0.15) is 0 Å². The van der Waals surface area contributed by atoms with Crippen LogP contribution in [0.4, 0.5) is 5.13 Å². The van der Waals surface area contributed by atoms with E-state index < -0.39 is 0 Å². The van der Waals surface area contributed by atoms with E-state index in [1.54, 1.807) is 0 Å². The molecule has 0 atom stereocenters. The molecule has 1 aliphatic carbocycles. The highest BCUT2D eigenvalue weighted by atomic mass is 32.1. The number of thiazole rings is 1. The molecule has 1 fully saturated rings. The van der Waals surface area contributed by atoms with E-state index in [9.17, 15) is 4.79 Å². The van der Waals surface area contributed by atoms with Crippen LogP contribution in [0, 0.1) is 0 Å². The van der Waals surface area contributed by atoms with E-state index in [2.05, 4.69) is 10.3 Å². The minimum absolute atomic E-state index is 0.119. The van der Waals surface area contributed by atoms with Crippen molar-refractivity contribution in [1.82, 2.24) is 10.3 Å². The van der Waals surface area contributed by atoms with Gasteiger partial charge in [-0.15, -0.1) is 0 Å². The molecular weight excluding hydrogens is 270 g/mol. The zero-order valence-electron chi connectivity index (χ0n) is 11.4. The Morgan fingerprint density at radius 3 is 2.95 bits per heavy atom. The second-order valence-corrected chi connectivity index (χ2v) is 6.50. The topological polar surface area (TPSA) is 68.0 Å². The summed E-state index contributed by atoms with van der Waals surface area (Å²) in [5, 5.41) is 3.72. The Labute approximate surface area is 122 Å². The van der Waals surface area contributed by atoms with E-state index in [4.69, 9.17) is 5.73 Å². The van der Waals surface area contributed by atoms with Crippen molar-refractivity contribution in [1.29, 1.82) is 0 Å². The highest BCUT2D eigenvalue weighted by molar-refractivity contribution is 7.22.